The molecular formula is C32H37FN6O2. The summed E-state index contributed by atoms with van der Waals surface area (Å²) in [5.74, 6) is 1.74. The average molecular weight is 557 g/mol. The lowest BCUT2D eigenvalue weighted by Crippen LogP contribution is -2.44. The summed E-state index contributed by atoms with van der Waals surface area (Å²) in [7, 11) is 2.16. The van der Waals surface area contributed by atoms with E-state index in [4.69, 9.17) is 9.73 Å². The van der Waals surface area contributed by atoms with Crippen LogP contribution in [0.1, 0.15) is 19.8 Å². The molecule has 0 saturated carbocycles. The first-order valence-corrected chi connectivity index (χ1v) is 14.0. The van der Waals surface area contributed by atoms with Gasteiger partial charge in [-0.05, 0) is 67.6 Å². The van der Waals surface area contributed by atoms with Crippen molar-refractivity contribution < 1.29 is 13.9 Å². The van der Waals surface area contributed by atoms with Crippen molar-refractivity contribution in [2.75, 3.05) is 55.4 Å². The maximum atomic E-state index is 13.5. The van der Waals surface area contributed by atoms with E-state index in [0.717, 1.165) is 54.9 Å². The van der Waals surface area contributed by atoms with Crippen LogP contribution in [0.15, 0.2) is 89.8 Å². The predicted octanol–water partition coefficient (Wildman–Crippen LogP) is 4.28. The van der Waals surface area contributed by atoms with Gasteiger partial charge < -0.3 is 29.7 Å². The van der Waals surface area contributed by atoms with Gasteiger partial charge in [0.2, 0.25) is 5.91 Å². The molecule has 0 atom stereocenters. The SMILES string of the molecule is C=CC(=O)Nc1cccc(OC2=c3ccn(CCF)c3=NC(Nc3ccc(N4CCN(C)CC4)cc3)=C(CC)C2)c1. The van der Waals surface area contributed by atoms with Crippen LogP contribution < -0.4 is 31.0 Å². The number of aromatic nitrogens is 1. The number of nitrogens with zero attached hydrogens (tertiary/aromatic N) is 4. The van der Waals surface area contributed by atoms with Crippen molar-refractivity contribution in [1.29, 1.82) is 0 Å². The molecule has 3 aromatic rings. The van der Waals surface area contributed by atoms with Gasteiger partial charge in [-0.15, -0.1) is 0 Å². The third kappa shape index (κ3) is 6.69. The van der Waals surface area contributed by atoms with E-state index in [2.05, 4.69) is 65.2 Å². The average Bonchev–Trinajstić information content (AvgIpc) is 3.31. The number of carbonyl (C=O) groups excluding carboxylic acids is 1. The lowest BCUT2D eigenvalue weighted by atomic mass is 10.1. The van der Waals surface area contributed by atoms with Crippen molar-refractivity contribution in [1.82, 2.24) is 9.47 Å². The van der Waals surface area contributed by atoms with Gasteiger partial charge in [-0.3, -0.25) is 4.79 Å². The number of alkyl halides is 1. The Hall–Kier alpha value is -4.37. The number of hydrogen-bond acceptors (Lipinski definition) is 6. The first-order valence-electron chi connectivity index (χ1n) is 14.0. The summed E-state index contributed by atoms with van der Waals surface area (Å²) < 4.78 is 21.7. The summed E-state index contributed by atoms with van der Waals surface area (Å²) in [5, 5.41) is 7.11. The van der Waals surface area contributed by atoms with Crippen molar-refractivity contribution in [2.24, 2.45) is 4.99 Å². The summed E-state index contributed by atoms with van der Waals surface area (Å²) in [6.07, 6.45) is 4.34. The second-order valence-electron chi connectivity index (χ2n) is 10.2. The molecule has 0 bridgehead atoms. The minimum absolute atomic E-state index is 0.198. The number of benzene rings is 2. The second kappa shape index (κ2) is 12.9. The van der Waals surface area contributed by atoms with Crippen molar-refractivity contribution in [3.63, 3.8) is 0 Å². The lowest BCUT2D eigenvalue weighted by Gasteiger charge is -2.34. The largest absolute Gasteiger partial charge is 0.461 e. The number of amides is 1. The van der Waals surface area contributed by atoms with Crippen molar-refractivity contribution in [3.05, 3.63) is 95.5 Å². The molecule has 2 aromatic carbocycles. The molecule has 0 spiro atoms. The molecular weight excluding hydrogens is 519 g/mol. The molecule has 0 aliphatic carbocycles. The van der Waals surface area contributed by atoms with E-state index in [-0.39, 0.29) is 12.5 Å². The highest BCUT2D eigenvalue weighted by Crippen LogP contribution is 2.27. The summed E-state index contributed by atoms with van der Waals surface area (Å²) in [5.41, 5.74) is 4.47. The molecule has 9 heteroatoms. The minimum Gasteiger partial charge on any atom is -0.461 e. The third-order valence-corrected chi connectivity index (χ3v) is 7.44. The Morgan fingerprint density at radius 3 is 2.59 bits per heavy atom. The summed E-state index contributed by atoms with van der Waals surface area (Å²) in [4.78, 5) is 21.6. The van der Waals surface area contributed by atoms with Gasteiger partial charge in [-0.1, -0.05) is 19.6 Å². The van der Waals surface area contributed by atoms with Crippen LogP contribution in [0.3, 0.4) is 0 Å². The zero-order valence-corrected chi connectivity index (χ0v) is 23.7. The molecule has 0 radical (unpaired) electrons. The van der Waals surface area contributed by atoms with Crippen LogP contribution in [-0.4, -0.2) is 55.3 Å². The smallest absolute Gasteiger partial charge is 0.247 e. The number of nitrogens with one attached hydrogen (secondary N) is 2. The molecule has 1 amide bonds. The fourth-order valence-corrected chi connectivity index (χ4v) is 5.07. The Bertz CT molecular complexity index is 1550. The van der Waals surface area contributed by atoms with Gasteiger partial charge in [0.25, 0.3) is 0 Å². The standard InChI is InChI=1S/C32H37FN6O2/c1-4-23-21-29(41-27-8-6-7-25(22-27)34-30(40)5-2)28-13-15-39(16-14-33)32(28)36-31(23)35-24-9-11-26(12-10-24)38-19-17-37(3)18-20-38/h5-13,15,22,35H,2,4,14,16-21H2,1,3H3,(H,34,40). The Morgan fingerprint density at radius 2 is 1.88 bits per heavy atom. The quantitative estimate of drug-likeness (QED) is 0.365. The second-order valence-corrected chi connectivity index (χ2v) is 10.2. The predicted molar refractivity (Wildman–Crippen MR) is 162 cm³/mol. The monoisotopic (exact) mass is 556 g/mol. The number of carbonyl (C=O) groups is 1. The first kappa shape index (κ1) is 28.2. The molecule has 8 nitrogen and oxygen atoms in total. The van der Waals surface area contributed by atoms with Crippen LogP contribution in [0.4, 0.5) is 21.5 Å². The number of anilines is 3. The molecule has 2 aliphatic heterocycles. The minimum atomic E-state index is -0.501. The number of halogens is 1. The summed E-state index contributed by atoms with van der Waals surface area (Å²) >= 11 is 0. The molecule has 2 N–H and O–H groups in total. The Morgan fingerprint density at radius 1 is 1.10 bits per heavy atom. The highest BCUT2D eigenvalue weighted by molar-refractivity contribution is 5.98. The van der Waals surface area contributed by atoms with Gasteiger partial charge >= 0.3 is 0 Å². The molecule has 3 heterocycles. The molecule has 0 unspecified atom stereocenters. The van der Waals surface area contributed by atoms with Gasteiger partial charge in [0.15, 0.2) is 0 Å². The number of rotatable bonds is 10. The maximum Gasteiger partial charge on any atom is 0.247 e. The van der Waals surface area contributed by atoms with E-state index in [9.17, 15) is 9.18 Å². The van der Waals surface area contributed by atoms with E-state index < -0.39 is 6.67 Å². The molecule has 5 rings (SSSR count). The Balaban J connectivity index is 1.45. The normalized spacial score (nSPS) is 15.6. The first-order chi connectivity index (χ1) is 20.0. The molecule has 214 valence electrons. The zero-order valence-electron chi connectivity index (χ0n) is 23.7. The lowest BCUT2D eigenvalue weighted by molar-refractivity contribution is -0.111. The molecule has 1 aromatic heterocycles. The van der Waals surface area contributed by atoms with Gasteiger partial charge in [-0.25, -0.2) is 9.38 Å². The highest BCUT2D eigenvalue weighted by atomic mass is 19.1. The highest BCUT2D eigenvalue weighted by Gasteiger charge is 2.18. The fraction of sp³-hybridized carbons (Fsp3) is 0.312. The number of fused-ring (bicyclic) bond motifs is 1. The van der Waals surface area contributed by atoms with E-state index in [1.165, 1.54) is 11.8 Å². The number of hydrogen-bond donors (Lipinski definition) is 2. The van der Waals surface area contributed by atoms with Crippen LogP contribution in [0.25, 0.3) is 5.76 Å². The Labute approximate surface area is 240 Å². The van der Waals surface area contributed by atoms with Crippen LogP contribution in [0, 0.1) is 0 Å². The van der Waals surface area contributed by atoms with Crippen LogP contribution in [0.5, 0.6) is 5.75 Å². The summed E-state index contributed by atoms with van der Waals surface area (Å²) in [6, 6.07) is 17.6. The Kier molecular flexibility index (Phi) is 8.84. The van der Waals surface area contributed by atoms with E-state index in [0.29, 0.717) is 29.1 Å². The number of likely N-dealkylation sites (N-methyl/N-ethyl adjacent to an activating group) is 1. The third-order valence-electron chi connectivity index (χ3n) is 7.44. The van der Waals surface area contributed by atoms with Crippen molar-refractivity contribution >= 4 is 28.7 Å². The maximum absolute atomic E-state index is 13.5. The van der Waals surface area contributed by atoms with E-state index in [1.807, 2.05) is 29.0 Å². The molecule has 41 heavy (non-hydrogen) atoms. The zero-order chi connectivity index (χ0) is 28.8. The number of piperazine rings is 1. The van der Waals surface area contributed by atoms with Crippen molar-refractivity contribution in [3.8, 4) is 5.75 Å². The van der Waals surface area contributed by atoms with Gasteiger partial charge in [0, 0.05) is 61.9 Å². The van der Waals surface area contributed by atoms with Crippen molar-refractivity contribution in [2.45, 2.75) is 26.3 Å². The van der Waals surface area contributed by atoms with Gasteiger partial charge in [0.1, 0.15) is 29.5 Å². The van der Waals surface area contributed by atoms with Crippen LogP contribution >= 0.6 is 0 Å². The fourth-order valence-electron chi connectivity index (χ4n) is 5.07. The van der Waals surface area contributed by atoms with Crippen LogP contribution in [0.2, 0.25) is 0 Å². The molecule has 2 aliphatic rings. The van der Waals surface area contributed by atoms with Crippen LogP contribution in [-0.2, 0) is 11.3 Å². The number of ether oxygens (including phenoxy) is 1. The van der Waals surface area contributed by atoms with Gasteiger partial charge in [0.05, 0.1) is 11.8 Å². The summed E-state index contributed by atoms with van der Waals surface area (Å²) in [6.45, 7) is 9.44. The number of aryl methyl sites for hydroxylation is 1. The van der Waals surface area contributed by atoms with E-state index >= 15 is 0 Å². The van der Waals surface area contributed by atoms with E-state index in [1.54, 1.807) is 12.1 Å². The topological polar surface area (TPSA) is 74.1 Å². The molecule has 1 saturated heterocycles. The van der Waals surface area contributed by atoms with Gasteiger partial charge in [-0.2, -0.15) is 0 Å². The molecule has 1 fully saturated rings.